The first-order valence-corrected chi connectivity index (χ1v) is 9.39. The summed E-state index contributed by atoms with van der Waals surface area (Å²) in [5, 5.41) is 10.9. The number of aromatic nitrogens is 1. The zero-order valence-corrected chi connectivity index (χ0v) is 16.7. The Hall–Kier alpha value is -3.19. The number of benzene rings is 1. The predicted molar refractivity (Wildman–Crippen MR) is 107 cm³/mol. The Balaban J connectivity index is 2.05. The van der Waals surface area contributed by atoms with Crippen molar-refractivity contribution < 1.29 is 24.2 Å². The van der Waals surface area contributed by atoms with Gasteiger partial charge in [-0.2, -0.15) is 0 Å². The molecule has 1 aromatic carbocycles. The van der Waals surface area contributed by atoms with Crippen molar-refractivity contribution >= 4 is 17.4 Å². The van der Waals surface area contributed by atoms with Gasteiger partial charge in [-0.1, -0.05) is 6.07 Å². The lowest BCUT2D eigenvalue weighted by molar-refractivity contribution is -0.140. The first-order valence-electron chi connectivity index (χ1n) is 9.39. The Morgan fingerprint density at radius 3 is 2.48 bits per heavy atom. The van der Waals surface area contributed by atoms with E-state index in [1.807, 2.05) is 13.8 Å². The summed E-state index contributed by atoms with van der Waals surface area (Å²) in [6.07, 6.45) is 1.59. The molecule has 1 N–H and O–H groups in total. The van der Waals surface area contributed by atoms with Gasteiger partial charge in [0.1, 0.15) is 17.6 Å². The topological polar surface area (TPSA) is 89.0 Å². The Labute approximate surface area is 169 Å². The molecule has 0 saturated carbocycles. The molecule has 152 valence electrons. The van der Waals surface area contributed by atoms with Crippen molar-refractivity contribution in [3.63, 3.8) is 0 Å². The van der Waals surface area contributed by atoms with E-state index in [2.05, 4.69) is 4.98 Å². The van der Waals surface area contributed by atoms with Gasteiger partial charge in [0.25, 0.3) is 11.7 Å². The van der Waals surface area contributed by atoms with Gasteiger partial charge in [0.2, 0.25) is 0 Å². The van der Waals surface area contributed by atoms with Crippen molar-refractivity contribution in [2.45, 2.75) is 26.0 Å². The molecule has 2 heterocycles. The fraction of sp³-hybridized carbons (Fsp3) is 0.318. The van der Waals surface area contributed by atoms with Crippen LogP contribution in [-0.2, 0) is 14.3 Å². The molecule has 0 aliphatic carbocycles. The molecule has 1 saturated heterocycles. The zero-order chi connectivity index (χ0) is 21.0. The van der Waals surface area contributed by atoms with Crippen LogP contribution in [0.3, 0.4) is 0 Å². The van der Waals surface area contributed by atoms with Crippen LogP contribution >= 0.6 is 0 Å². The molecule has 3 rings (SSSR count). The second-order valence-corrected chi connectivity index (χ2v) is 6.90. The second kappa shape index (κ2) is 8.87. The molecule has 2 aromatic rings. The van der Waals surface area contributed by atoms with Crippen LogP contribution in [0.1, 0.15) is 31.1 Å². The van der Waals surface area contributed by atoms with Crippen molar-refractivity contribution in [2.24, 2.45) is 0 Å². The monoisotopic (exact) mass is 396 g/mol. The summed E-state index contributed by atoms with van der Waals surface area (Å²) in [5.74, 6) is -1.04. The SMILES string of the molecule is COc1ccc(/C(O)=C2/C(=O)C(=O)N(CCOC(C)C)C2c2ccccn2)cc1. The Kier molecular flexibility index (Phi) is 6.29. The van der Waals surface area contributed by atoms with Crippen LogP contribution in [0.25, 0.3) is 5.76 Å². The number of Topliss-reactive ketones (excluding diaryl/α,β-unsaturated/α-hetero) is 1. The van der Waals surface area contributed by atoms with Crippen LogP contribution in [-0.4, -0.2) is 53.0 Å². The average molecular weight is 396 g/mol. The van der Waals surface area contributed by atoms with E-state index in [0.717, 1.165) is 0 Å². The maximum atomic E-state index is 12.8. The van der Waals surface area contributed by atoms with Crippen molar-refractivity contribution in [3.05, 3.63) is 65.5 Å². The minimum atomic E-state index is -0.783. The van der Waals surface area contributed by atoms with E-state index in [4.69, 9.17) is 9.47 Å². The van der Waals surface area contributed by atoms with Gasteiger partial charge in [-0.15, -0.1) is 0 Å². The lowest BCUT2D eigenvalue weighted by Gasteiger charge is -2.24. The fourth-order valence-corrected chi connectivity index (χ4v) is 3.25. The van der Waals surface area contributed by atoms with Gasteiger partial charge in [-0.3, -0.25) is 14.6 Å². The van der Waals surface area contributed by atoms with Gasteiger partial charge < -0.3 is 19.5 Å². The number of aliphatic hydroxyl groups is 1. The van der Waals surface area contributed by atoms with Gasteiger partial charge >= 0.3 is 0 Å². The summed E-state index contributed by atoms with van der Waals surface area (Å²) in [6.45, 7) is 4.28. The maximum absolute atomic E-state index is 12.8. The van der Waals surface area contributed by atoms with E-state index in [9.17, 15) is 14.7 Å². The average Bonchev–Trinajstić information content (AvgIpc) is 2.98. The van der Waals surface area contributed by atoms with Crippen LogP contribution < -0.4 is 4.74 Å². The number of hydrogen-bond donors (Lipinski definition) is 1. The van der Waals surface area contributed by atoms with Crippen molar-refractivity contribution in [1.29, 1.82) is 0 Å². The van der Waals surface area contributed by atoms with Crippen LogP contribution in [0, 0.1) is 0 Å². The van der Waals surface area contributed by atoms with E-state index in [1.165, 1.54) is 4.90 Å². The Morgan fingerprint density at radius 2 is 1.90 bits per heavy atom. The van der Waals surface area contributed by atoms with Crippen LogP contribution in [0.5, 0.6) is 5.75 Å². The van der Waals surface area contributed by atoms with E-state index in [0.29, 0.717) is 17.0 Å². The molecule has 0 bridgehead atoms. The molecule has 7 heteroatoms. The van der Waals surface area contributed by atoms with Crippen molar-refractivity contribution in [2.75, 3.05) is 20.3 Å². The highest BCUT2D eigenvalue weighted by Crippen LogP contribution is 2.38. The normalized spacial score (nSPS) is 18.5. The predicted octanol–water partition coefficient (Wildman–Crippen LogP) is 2.94. The smallest absolute Gasteiger partial charge is 0.295 e. The minimum Gasteiger partial charge on any atom is -0.507 e. The van der Waals surface area contributed by atoms with Crippen LogP contribution in [0.2, 0.25) is 0 Å². The summed E-state index contributed by atoms with van der Waals surface area (Å²) in [7, 11) is 1.54. The number of ketones is 1. The minimum absolute atomic E-state index is 0.000536. The van der Waals surface area contributed by atoms with Crippen molar-refractivity contribution in [3.8, 4) is 5.75 Å². The molecule has 1 unspecified atom stereocenters. The van der Waals surface area contributed by atoms with Gasteiger partial charge in [0.15, 0.2) is 0 Å². The van der Waals surface area contributed by atoms with Crippen LogP contribution in [0.15, 0.2) is 54.2 Å². The quantitative estimate of drug-likeness (QED) is 0.440. The molecule has 1 amide bonds. The molecule has 1 aliphatic heterocycles. The van der Waals surface area contributed by atoms with Gasteiger partial charge in [0, 0.05) is 18.3 Å². The first kappa shape index (κ1) is 20.5. The lowest BCUT2D eigenvalue weighted by Crippen LogP contribution is -2.33. The van der Waals surface area contributed by atoms with Gasteiger partial charge in [0.05, 0.1) is 31.1 Å². The summed E-state index contributed by atoms with van der Waals surface area (Å²) >= 11 is 0. The summed E-state index contributed by atoms with van der Waals surface area (Å²) in [5.41, 5.74) is 0.942. The number of ether oxygens (including phenoxy) is 2. The number of hydrogen-bond acceptors (Lipinski definition) is 6. The molecule has 1 aliphatic rings. The van der Waals surface area contributed by atoms with Gasteiger partial charge in [-0.05, 0) is 50.2 Å². The molecule has 1 atom stereocenters. The first-order chi connectivity index (χ1) is 13.9. The van der Waals surface area contributed by atoms with Crippen molar-refractivity contribution in [1.82, 2.24) is 9.88 Å². The molecule has 1 aromatic heterocycles. The number of methoxy groups -OCH3 is 1. The Morgan fingerprint density at radius 1 is 1.17 bits per heavy atom. The number of nitrogens with zero attached hydrogens (tertiary/aromatic N) is 2. The number of aliphatic hydroxyl groups excluding tert-OH is 1. The maximum Gasteiger partial charge on any atom is 0.295 e. The summed E-state index contributed by atoms with van der Waals surface area (Å²) in [6, 6.07) is 11.1. The molecular weight excluding hydrogens is 372 g/mol. The zero-order valence-electron chi connectivity index (χ0n) is 16.7. The molecule has 1 fully saturated rings. The summed E-state index contributed by atoms with van der Waals surface area (Å²) in [4.78, 5) is 31.3. The highest BCUT2D eigenvalue weighted by atomic mass is 16.5. The summed E-state index contributed by atoms with van der Waals surface area (Å²) < 4.78 is 10.7. The highest BCUT2D eigenvalue weighted by Gasteiger charge is 2.46. The molecule has 7 nitrogen and oxygen atoms in total. The van der Waals surface area contributed by atoms with E-state index in [1.54, 1.807) is 55.8 Å². The third-order valence-electron chi connectivity index (χ3n) is 4.65. The molecule has 0 radical (unpaired) electrons. The molecule has 29 heavy (non-hydrogen) atoms. The van der Waals surface area contributed by atoms with E-state index >= 15 is 0 Å². The third kappa shape index (κ3) is 4.30. The van der Waals surface area contributed by atoms with Crippen LogP contribution in [0.4, 0.5) is 0 Å². The standard InChI is InChI=1S/C22H24N2O5/c1-14(2)29-13-12-24-19(17-6-4-5-11-23-17)18(21(26)22(24)27)20(25)15-7-9-16(28-3)10-8-15/h4-11,14,19,25H,12-13H2,1-3H3/b20-18-. The second-order valence-electron chi connectivity index (χ2n) is 6.90. The third-order valence-corrected chi connectivity index (χ3v) is 4.65. The van der Waals surface area contributed by atoms with Gasteiger partial charge in [-0.25, -0.2) is 0 Å². The number of amides is 1. The fourth-order valence-electron chi connectivity index (χ4n) is 3.25. The number of carbonyl (C=O) groups is 2. The lowest BCUT2D eigenvalue weighted by atomic mass is 9.98. The Bertz CT molecular complexity index is 907. The number of rotatable bonds is 7. The molecular formula is C22H24N2O5. The number of pyridine rings is 1. The highest BCUT2D eigenvalue weighted by molar-refractivity contribution is 6.46. The van der Waals surface area contributed by atoms with E-state index in [-0.39, 0.29) is 30.6 Å². The number of likely N-dealkylation sites (tertiary alicyclic amines) is 1. The largest absolute Gasteiger partial charge is 0.507 e. The number of carbonyl (C=O) groups excluding carboxylic acids is 2. The van der Waals surface area contributed by atoms with E-state index < -0.39 is 17.7 Å². The molecule has 0 spiro atoms.